The van der Waals surface area contributed by atoms with E-state index in [1.807, 2.05) is 20.1 Å². The highest BCUT2D eigenvalue weighted by Gasteiger charge is 2.31. The van der Waals surface area contributed by atoms with E-state index in [1.165, 1.54) is 11.8 Å². The van der Waals surface area contributed by atoms with Crippen molar-refractivity contribution >= 4 is 17.7 Å². The Morgan fingerprint density at radius 3 is 2.92 bits per heavy atom. The molecule has 2 aromatic rings. The summed E-state index contributed by atoms with van der Waals surface area (Å²) in [6.45, 7) is 4.19. The lowest BCUT2D eigenvalue weighted by Crippen LogP contribution is -2.51. The maximum Gasteiger partial charge on any atom is 0.258 e. The molecular weight excluding hydrogens is 344 g/mol. The largest absolute Gasteiger partial charge is 0.454 e. The second-order valence-corrected chi connectivity index (χ2v) is 7.55. The van der Waals surface area contributed by atoms with Gasteiger partial charge in [0.1, 0.15) is 0 Å². The summed E-state index contributed by atoms with van der Waals surface area (Å²) >= 11 is 1.54. The Morgan fingerprint density at radius 2 is 2.16 bits per heavy atom. The molecule has 1 aliphatic heterocycles. The second kappa shape index (κ2) is 6.93. The van der Waals surface area contributed by atoms with Crippen molar-refractivity contribution < 1.29 is 18.8 Å². The maximum atomic E-state index is 12.2. The number of aromatic nitrogens is 2. The monoisotopic (exact) mass is 364 g/mol. The number of hydrogen-bond donors (Lipinski definition) is 2. The molecule has 0 radical (unpaired) electrons. The average molecular weight is 364 g/mol. The maximum absolute atomic E-state index is 12.2. The van der Waals surface area contributed by atoms with Gasteiger partial charge in [-0.1, -0.05) is 5.16 Å². The van der Waals surface area contributed by atoms with Gasteiger partial charge in [-0.3, -0.25) is 4.79 Å². The Labute approximate surface area is 149 Å². The lowest BCUT2D eigenvalue weighted by molar-refractivity contribution is -0.123. The first-order chi connectivity index (χ1) is 11.9. The molecule has 3 rings (SSSR count). The number of carbonyl (C=O) groups excluding carboxylic acids is 1. The van der Waals surface area contributed by atoms with Crippen molar-refractivity contribution in [3.8, 4) is 23.0 Å². The summed E-state index contributed by atoms with van der Waals surface area (Å²) < 4.78 is 15.5. The van der Waals surface area contributed by atoms with E-state index in [2.05, 4.69) is 15.5 Å². The van der Waals surface area contributed by atoms with Crippen LogP contribution in [0.2, 0.25) is 0 Å². The molecule has 1 aromatic carbocycles. The fourth-order valence-corrected chi connectivity index (χ4v) is 2.55. The van der Waals surface area contributed by atoms with Gasteiger partial charge in [-0.15, -0.1) is 0 Å². The lowest BCUT2D eigenvalue weighted by atomic mass is 10.0. The Morgan fingerprint density at radius 1 is 1.40 bits per heavy atom. The van der Waals surface area contributed by atoms with Crippen LogP contribution in [0.5, 0.6) is 11.5 Å². The van der Waals surface area contributed by atoms with Crippen LogP contribution in [-0.4, -0.2) is 39.9 Å². The van der Waals surface area contributed by atoms with Crippen LogP contribution >= 0.6 is 11.8 Å². The number of rotatable bonds is 6. The molecule has 0 unspecified atom stereocenters. The fourth-order valence-electron chi connectivity index (χ4n) is 2.19. The molecule has 0 saturated carbocycles. The molecule has 0 saturated heterocycles. The van der Waals surface area contributed by atoms with E-state index in [-0.39, 0.29) is 24.0 Å². The smallest absolute Gasteiger partial charge is 0.258 e. The van der Waals surface area contributed by atoms with Crippen molar-refractivity contribution in [2.24, 2.45) is 5.73 Å². The van der Waals surface area contributed by atoms with Crippen molar-refractivity contribution in [2.45, 2.75) is 31.2 Å². The Kier molecular flexibility index (Phi) is 4.87. The molecule has 0 spiro atoms. The molecule has 9 heteroatoms. The number of nitrogens with two attached hydrogens (primary N) is 1. The van der Waals surface area contributed by atoms with E-state index in [9.17, 15) is 4.79 Å². The quantitative estimate of drug-likeness (QED) is 0.794. The Hall–Kier alpha value is -2.26. The van der Waals surface area contributed by atoms with Gasteiger partial charge in [0.25, 0.3) is 5.89 Å². The van der Waals surface area contributed by atoms with E-state index < -0.39 is 6.04 Å². The molecule has 134 valence electrons. The third kappa shape index (κ3) is 3.72. The van der Waals surface area contributed by atoms with E-state index >= 15 is 0 Å². The zero-order valence-electron chi connectivity index (χ0n) is 14.2. The number of ether oxygens (including phenoxy) is 2. The highest BCUT2D eigenvalue weighted by molar-refractivity contribution is 8.00. The minimum atomic E-state index is -0.636. The van der Waals surface area contributed by atoms with E-state index in [4.69, 9.17) is 19.7 Å². The van der Waals surface area contributed by atoms with E-state index in [1.54, 1.807) is 18.2 Å². The molecular formula is C16H20N4O4S. The van der Waals surface area contributed by atoms with Gasteiger partial charge >= 0.3 is 0 Å². The molecule has 1 aromatic heterocycles. The summed E-state index contributed by atoms with van der Waals surface area (Å²) in [6.07, 6.45) is 1.92. The number of hydrogen-bond acceptors (Lipinski definition) is 8. The van der Waals surface area contributed by atoms with Gasteiger partial charge in [-0.2, -0.15) is 16.7 Å². The molecule has 1 atom stereocenters. The SMILES string of the molecule is CSC(C)(C)[C@H](N)C(=O)NCc1noc(-c2ccc3c(c2)OCO3)n1. The van der Waals surface area contributed by atoms with Crippen molar-refractivity contribution in [3.63, 3.8) is 0 Å². The van der Waals surface area contributed by atoms with E-state index in [0.717, 1.165) is 5.56 Å². The van der Waals surface area contributed by atoms with Gasteiger partial charge in [-0.25, -0.2) is 0 Å². The molecule has 0 fully saturated rings. The van der Waals surface area contributed by atoms with Crippen LogP contribution in [0.25, 0.3) is 11.5 Å². The van der Waals surface area contributed by atoms with Crippen LogP contribution in [-0.2, 0) is 11.3 Å². The van der Waals surface area contributed by atoms with Crippen LogP contribution in [0.1, 0.15) is 19.7 Å². The summed E-state index contributed by atoms with van der Waals surface area (Å²) in [5.41, 5.74) is 6.71. The average Bonchev–Trinajstić information content (AvgIpc) is 3.27. The number of thioether (sulfide) groups is 1. The summed E-state index contributed by atoms with van der Waals surface area (Å²) in [4.78, 5) is 16.4. The van der Waals surface area contributed by atoms with Crippen LogP contribution in [0.4, 0.5) is 0 Å². The van der Waals surface area contributed by atoms with Crippen LogP contribution in [0.3, 0.4) is 0 Å². The first-order valence-corrected chi connectivity index (χ1v) is 8.94. The molecule has 3 N–H and O–H groups in total. The summed E-state index contributed by atoms with van der Waals surface area (Å²) in [7, 11) is 0. The number of benzene rings is 1. The second-order valence-electron chi connectivity index (χ2n) is 6.09. The summed E-state index contributed by atoms with van der Waals surface area (Å²) in [5, 5.41) is 6.62. The highest BCUT2D eigenvalue weighted by atomic mass is 32.2. The molecule has 25 heavy (non-hydrogen) atoms. The number of nitrogens with one attached hydrogen (secondary N) is 1. The zero-order valence-corrected chi connectivity index (χ0v) is 15.1. The predicted octanol–water partition coefficient (Wildman–Crippen LogP) is 1.55. The molecule has 0 aliphatic carbocycles. The minimum Gasteiger partial charge on any atom is -0.454 e. The third-order valence-corrected chi connectivity index (χ3v) is 5.37. The van der Waals surface area contributed by atoms with Crippen LogP contribution in [0, 0.1) is 0 Å². The van der Waals surface area contributed by atoms with E-state index in [0.29, 0.717) is 23.2 Å². The lowest BCUT2D eigenvalue weighted by Gasteiger charge is -2.28. The predicted molar refractivity (Wildman–Crippen MR) is 93.3 cm³/mol. The molecule has 1 aliphatic rings. The Balaban J connectivity index is 1.63. The zero-order chi connectivity index (χ0) is 18.0. The fraction of sp³-hybridized carbons (Fsp3) is 0.438. The van der Waals surface area contributed by atoms with Crippen molar-refractivity contribution in [1.29, 1.82) is 0 Å². The van der Waals surface area contributed by atoms with Crippen molar-refractivity contribution in [3.05, 3.63) is 24.0 Å². The van der Waals surface area contributed by atoms with Crippen LogP contribution in [0.15, 0.2) is 22.7 Å². The first-order valence-electron chi connectivity index (χ1n) is 7.72. The summed E-state index contributed by atoms with van der Waals surface area (Å²) in [5.74, 6) is 1.78. The molecule has 0 bridgehead atoms. The standard InChI is InChI=1S/C16H20N4O4S/c1-16(2,25-3)13(17)14(21)18-7-12-19-15(24-20-12)9-4-5-10-11(6-9)23-8-22-10/h4-6,13H,7-8,17H2,1-3H3,(H,18,21)/t13-/m1/s1. The molecule has 8 nitrogen and oxygen atoms in total. The topological polar surface area (TPSA) is 113 Å². The number of amides is 1. The van der Waals surface area contributed by atoms with Gasteiger partial charge in [0, 0.05) is 10.3 Å². The minimum absolute atomic E-state index is 0.144. The number of carbonyl (C=O) groups is 1. The van der Waals surface area contributed by atoms with Gasteiger partial charge in [0.05, 0.1) is 12.6 Å². The van der Waals surface area contributed by atoms with Crippen molar-refractivity contribution in [1.82, 2.24) is 15.5 Å². The highest BCUT2D eigenvalue weighted by Crippen LogP contribution is 2.35. The normalized spacial score (nSPS) is 14.4. The van der Waals surface area contributed by atoms with Crippen molar-refractivity contribution in [2.75, 3.05) is 13.0 Å². The van der Waals surface area contributed by atoms with Gasteiger partial charge in [0.2, 0.25) is 12.7 Å². The molecule has 2 heterocycles. The number of nitrogens with zero attached hydrogens (tertiary/aromatic N) is 2. The number of fused-ring (bicyclic) bond motifs is 1. The summed E-state index contributed by atoms with van der Waals surface area (Å²) in [6, 6.07) is 4.73. The molecule has 1 amide bonds. The van der Waals surface area contributed by atoms with Gasteiger partial charge in [0.15, 0.2) is 17.3 Å². The Bertz CT molecular complexity index is 777. The third-order valence-electron chi connectivity index (χ3n) is 4.07. The van der Waals surface area contributed by atoms with Gasteiger partial charge < -0.3 is 25.0 Å². The van der Waals surface area contributed by atoms with Crippen LogP contribution < -0.4 is 20.5 Å². The first kappa shape index (κ1) is 17.6. The van der Waals surface area contributed by atoms with Gasteiger partial charge in [-0.05, 0) is 38.3 Å².